The molecular weight excluding hydrogens is 418 g/mol. The fraction of sp³-hybridized carbons (Fsp3) is 0. The van der Waals surface area contributed by atoms with Crippen LogP contribution in [-0.4, -0.2) is 24.1 Å². The molecule has 0 N–H and O–H groups in total. The fourth-order valence-corrected chi connectivity index (χ4v) is 4.76. The van der Waals surface area contributed by atoms with E-state index in [9.17, 15) is 0 Å². The van der Waals surface area contributed by atoms with E-state index >= 15 is 0 Å². The first-order valence-electron chi connectivity index (χ1n) is 11.2. The Balaban J connectivity index is 1.59. The van der Waals surface area contributed by atoms with Crippen molar-refractivity contribution < 1.29 is 0 Å². The zero-order valence-corrected chi connectivity index (χ0v) is 18.2. The van der Waals surface area contributed by atoms with Gasteiger partial charge in [-0.05, 0) is 42.5 Å². The first-order valence-corrected chi connectivity index (χ1v) is 11.2. The summed E-state index contributed by atoms with van der Waals surface area (Å²) < 4.78 is 4.28. The van der Waals surface area contributed by atoms with Crippen LogP contribution in [0.15, 0.2) is 116 Å². The molecule has 0 aliphatic heterocycles. The molecule has 0 saturated heterocycles. The monoisotopic (exact) mass is 437 g/mol. The molecule has 0 amide bonds. The third-order valence-electron chi connectivity index (χ3n) is 6.24. The highest BCUT2D eigenvalue weighted by molar-refractivity contribution is 6.09. The topological polar surface area (TPSA) is 48.5 Å². The third kappa shape index (κ3) is 2.77. The van der Waals surface area contributed by atoms with Crippen molar-refractivity contribution in [3.63, 3.8) is 0 Å². The maximum Gasteiger partial charge on any atom is 0.235 e. The van der Waals surface area contributed by atoms with Crippen molar-refractivity contribution in [1.29, 1.82) is 0 Å². The van der Waals surface area contributed by atoms with Gasteiger partial charge in [0.25, 0.3) is 0 Å². The van der Waals surface area contributed by atoms with Gasteiger partial charge in [-0.3, -0.25) is 9.55 Å². The number of pyridine rings is 1. The van der Waals surface area contributed by atoms with E-state index in [4.69, 9.17) is 9.97 Å². The largest absolute Gasteiger partial charge is 0.313 e. The molecule has 0 spiro atoms. The Morgan fingerprint density at radius 3 is 1.97 bits per heavy atom. The molecular formula is C29H19N5. The molecule has 0 aliphatic carbocycles. The first kappa shape index (κ1) is 18.8. The molecule has 4 aromatic heterocycles. The van der Waals surface area contributed by atoms with Crippen LogP contribution >= 0.6 is 0 Å². The molecule has 5 heteroatoms. The summed E-state index contributed by atoms with van der Waals surface area (Å²) in [5.41, 5.74) is 6.65. The van der Waals surface area contributed by atoms with Crippen molar-refractivity contribution in [2.45, 2.75) is 0 Å². The number of hydrogen-bond acceptors (Lipinski definition) is 3. The van der Waals surface area contributed by atoms with Gasteiger partial charge in [0.1, 0.15) is 5.69 Å². The molecule has 0 bridgehead atoms. The molecule has 0 radical (unpaired) electrons. The zero-order chi connectivity index (χ0) is 22.5. The van der Waals surface area contributed by atoms with E-state index < -0.39 is 0 Å². The second-order valence-electron chi connectivity index (χ2n) is 8.21. The summed E-state index contributed by atoms with van der Waals surface area (Å²) in [6, 6.07) is 35.0. The summed E-state index contributed by atoms with van der Waals surface area (Å²) in [6.07, 6.45) is 3.86. The van der Waals surface area contributed by atoms with Gasteiger partial charge in [-0.25, -0.2) is 9.97 Å². The Hall–Kier alpha value is -4.77. The van der Waals surface area contributed by atoms with Crippen LogP contribution in [0.4, 0.5) is 0 Å². The maximum absolute atomic E-state index is 5.14. The molecule has 0 saturated carbocycles. The van der Waals surface area contributed by atoms with E-state index in [0.29, 0.717) is 5.95 Å². The molecule has 160 valence electrons. The molecule has 7 aromatic rings. The van der Waals surface area contributed by atoms with Crippen LogP contribution < -0.4 is 0 Å². The predicted octanol–water partition coefficient (Wildman–Crippen LogP) is 6.58. The summed E-state index contributed by atoms with van der Waals surface area (Å²) in [5.74, 6) is 0.636. The number of para-hydroxylation sites is 3. The molecule has 7 rings (SSSR count). The molecule has 0 aliphatic rings. The van der Waals surface area contributed by atoms with E-state index in [2.05, 4.69) is 81.0 Å². The average Bonchev–Trinajstić information content (AvgIpc) is 3.49. The zero-order valence-electron chi connectivity index (χ0n) is 18.2. The molecule has 5 nitrogen and oxygen atoms in total. The number of benzene rings is 3. The van der Waals surface area contributed by atoms with Gasteiger partial charge < -0.3 is 4.57 Å². The van der Waals surface area contributed by atoms with Gasteiger partial charge in [-0.1, -0.05) is 60.7 Å². The first-order chi connectivity index (χ1) is 16.9. The predicted molar refractivity (Wildman–Crippen MR) is 136 cm³/mol. The highest BCUT2D eigenvalue weighted by Crippen LogP contribution is 2.33. The van der Waals surface area contributed by atoms with Crippen molar-refractivity contribution in [3.05, 3.63) is 116 Å². The molecule has 0 unspecified atom stereocenters. The van der Waals surface area contributed by atoms with Gasteiger partial charge >= 0.3 is 0 Å². The van der Waals surface area contributed by atoms with Crippen molar-refractivity contribution in [2.75, 3.05) is 0 Å². The molecule has 0 atom stereocenters. The molecule has 4 heterocycles. The lowest BCUT2D eigenvalue weighted by atomic mass is 10.2. The third-order valence-corrected chi connectivity index (χ3v) is 6.24. The van der Waals surface area contributed by atoms with Gasteiger partial charge in [-0.15, -0.1) is 0 Å². The molecule has 34 heavy (non-hydrogen) atoms. The quantitative estimate of drug-likeness (QED) is 0.314. The SMILES string of the molecule is c1ccc(-n2ccc3nc(-n4c5ccccc5c5ccccc54)nc(-c4ccccn4)c32)cc1. The van der Waals surface area contributed by atoms with Crippen LogP contribution in [0.1, 0.15) is 0 Å². The van der Waals surface area contributed by atoms with E-state index in [1.807, 2.05) is 42.5 Å². The van der Waals surface area contributed by atoms with Crippen molar-refractivity contribution >= 4 is 32.8 Å². The Morgan fingerprint density at radius 1 is 0.588 bits per heavy atom. The molecule has 0 fully saturated rings. The van der Waals surface area contributed by atoms with Crippen LogP contribution in [-0.2, 0) is 0 Å². The summed E-state index contributed by atoms with van der Waals surface area (Å²) in [5, 5.41) is 2.37. The maximum atomic E-state index is 5.14. The average molecular weight is 438 g/mol. The standard InChI is InChI=1S/C29H19N5/c1-2-10-20(11-3-1)33-19-17-24-28(33)27(23-14-8-9-18-30-23)32-29(31-24)34-25-15-6-4-12-21(25)22-13-5-7-16-26(22)34/h1-19H. The van der Waals surface area contributed by atoms with E-state index in [1.165, 1.54) is 10.8 Å². The van der Waals surface area contributed by atoms with Gasteiger partial charge in [0, 0.05) is 28.9 Å². The molecule has 3 aromatic carbocycles. The van der Waals surface area contributed by atoms with Crippen molar-refractivity contribution in [2.24, 2.45) is 0 Å². The Labute approximate surface area is 195 Å². The van der Waals surface area contributed by atoms with Crippen LogP contribution in [0.3, 0.4) is 0 Å². The lowest BCUT2D eigenvalue weighted by Crippen LogP contribution is -2.05. The van der Waals surface area contributed by atoms with Crippen molar-refractivity contribution in [1.82, 2.24) is 24.1 Å². The van der Waals surface area contributed by atoms with Crippen LogP contribution in [0, 0.1) is 0 Å². The van der Waals surface area contributed by atoms with Crippen LogP contribution in [0.5, 0.6) is 0 Å². The van der Waals surface area contributed by atoms with Crippen molar-refractivity contribution in [3.8, 4) is 23.0 Å². The highest BCUT2D eigenvalue weighted by atomic mass is 15.2. The number of fused-ring (bicyclic) bond motifs is 4. The summed E-state index contributed by atoms with van der Waals surface area (Å²) in [6.45, 7) is 0. The minimum atomic E-state index is 0.636. The summed E-state index contributed by atoms with van der Waals surface area (Å²) >= 11 is 0. The van der Waals surface area contributed by atoms with Gasteiger partial charge in [-0.2, -0.15) is 0 Å². The number of nitrogens with zero attached hydrogens (tertiary/aromatic N) is 5. The Morgan fingerprint density at radius 2 is 1.26 bits per heavy atom. The number of hydrogen-bond donors (Lipinski definition) is 0. The normalized spacial score (nSPS) is 11.5. The highest BCUT2D eigenvalue weighted by Gasteiger charge is 2.19. The fourth-order valence-electron chi connectivity index (χ4n) is 4.76. The smallest absolute Gasteiger partial charge is 0.235 e. The lowest BCUT2D eigenvalue weighted by molar-refractivity contribution is 1.00. The van der Waals surface area contributed by atoms with E-state index in [0.717, 1.165) is 39.1 Å². The minimum Gasteiger partial charge on any atom is -0.313 e. The van der Waals surface area contributed by atoms with Crippen LogP contribution in [0.25, 0.3) is 55.9 Å². The second-order valence-corrected chi connectivity index (χ2v) is 8.21. The van der Waals surface area contributed by atoms with Gasteiger partial charge in [0.2, 0.25) is 5.95 Å². The Bertz CT molecular complexity index is 1740. The lowest BCUT2D eigenvalue weighted by Gasteiger charge is -2.12. The summed E-state index contributed by atoms with van der Waals surface area (Å²) in [4.78, 5) is 14.8. The van der Waals surface area contributed by atoms with Gasteiger partial charge in [0.05, 0.1) is 27.8 Å². The van der Waals surface area contributed by atoms with E-state index in [-0.39, 0.29) is 0 Å². The Kier molecular flexibility index (Phi) is 4.08. The number of aromatic nitrogens is 5. The summed E-state index contributed by atoms with van der Waals surface area (Å²) in [7, 11) is 0. The number of rotatable bonds is 3. The second kappa shape index (κ2) is 7.39. The van der Waals surface area contributed by atoms with Gasteiger partial charge in [0.15, 0.2) is 0 Å². The van der Waals surface area contributed by atoms with Crippen LogP contribution in [0.2, 0.25) is 0 Å². The minimum absolute atomic E-state index is 0.636. The van der Waals surface area contributed by atoms with E-state index in [1.54, 1.807) is 6.20 Å².